The van der Waals surface area contributed by atoms with Crippen LogP contribution in [0, 0.1) is 11.3 Å². The van der Waals surface area contributed by atoms with E-state index in [1.54, 1.807) is 39.9 Å². The van der Waals surface area contributed by atoms with E-state index in [-0.39, 0.29) is 11.7 Å². The number of rotatable bonds is 7. The normalized spacial score (nSPS) is 13.5. The van der Waals surface area contributed by atoms with Crippen molar-refractivity contribution < 1.29 is 9.53 Å². The van der Waals surface area contributed by atoms with Gasteiger partial charge in [-0.15, -0.1) is 0 Å². The number of nitrogens with two attached hydrogens (primary N) is 1. The zero-order valence-corrected chi connectivity index (χ0v) is 21.7. The number of hydrogen-bond donors (Lipinski definition) is 3. The summed E-state index contributed by atoms with van der Waals surface area (Å²) in [5.74, 6) is 0.561. The van der Waals surface area contributed by atoms with Crippen molar-refractivity contribution in [3.63, 3.8) is 0 Å². The van der Waals surface area contributed by atoms with Crippen molar-refractivity contribution in [1.82, 2.24) is 24.5 Å². The van der Waals surface area contributed by atoms with Gasteiger partial charge in [0.2, 0.25) is 0 Å². The Bertz CT molecular complexity index is 1510. The van der Waals surface area contributed by atoms with Gasteiger partial charge in [-0.05, 0) is 18.2 Å². The van der Waals surface area contributed by atoms with Crippen LogP contribution < -0.4 is 16.4 Å². The van der Waals surface area contributed by atoms with Gasteiger partial charge in [-0.3, -0.25) is 4.79 Å². The van der Waals surface area contributed by atoms with E-state index in [1.807, 2.05) is 6.07 Å². The third kappa shape index (κ3) is 5.40. The van der Waals surface area contributed by atoms with Gasteiger partial charge in [-0.2, -0.15) is 10.4 Å². The Morgan fingerprint density at radius 3 is 2.70 bits per heavy atom. The van der Waals surface area contributed by atoms with Crippen LogP contribution in [0.4, 0.5) is 16.8 Å². The molecule has 11 nitrogen and oxygen atoms in total. The lowest BCUT2D eigenvalue weighted by molar-refractivity contribution is 0.0299. The maximum Gasteiger partial charge on any atom is 0.274 e. The minimum Gasteiger partial charge on any atom is -0.382 e. The molecular formula is C23H21Cl2N9O2S. The monoisotopic (exact) mass is 557 g/mol. The number of nitrogens with one attached hydrogen (secondary N) is 2. The fourth-order valence-corrected chi connectivity index (χ4v) is 5.03. The van der Waals surface area contributed by atoms with E-state index in [0.29, 0.717) is 87.7 Å². The van der Waals surface area contributed by atoms with Crippen molar-refractivity contribution >= 4 is 62.7 Å². The Kier molecular flexibility index (Phi) is 7.29. The molecule has 1 aliphatic heterocycles. The quantitative estimate of drug-likeness (QED) is 0.290. The number of benzene rings is 1. The van der Waals surface area contributed by atoms with Gasteiger partial charge >= 0.3 is 0 Å². The number of anilines is 3. The lowest BCUT2D eigenvalue weighted by atomic mass is 10.1. The lowest BCUT2D eigenvalue weighted by Crippen LogP contribution is -2.40. The molecule has 0 bridgehead atoms. The standard InChI is InChI=1S/C23H21Cl2N9O2S/c24-13-1-2-14(15(25)9-13)17-12-34-18(10-16(32-34)22(35)33-5-7-36-8-6-33)21(30-17)28-3-4-29-23-31-20(27)19(11-26)37-23/h1-2,9-10,12H,3-8,27H2,(H,28,30)(H,29,31). The highest BCUT2D eigenvalue weighted by Gasteiger charge is 2.23. The predicted molar refractivity (Wildman–Crippen MR) is 143 cm³/mol. The van der Waals surface area contributed by atoms with Crippen molar-refractivity contribution in [2.45, 2.75) is 0 Å². The van der Waals surface area contributed by atoms with Crippen LogP contribution in [-0.4, -0.2) is 69.8 Å². The van der Waals surface area contributed by atoms with Gasteiger partial charge in [0.1, 0.15) is 16.5 Å². The Hall–Kier alpha value is -3.63. The van der Waals surface area contributed by atoms with E-state index in [4.69, 9.17) is 43.9 Å². The zero-order valence-electron chi connectivity index (χ0n) is 19.4. The van der Waals surface area contributed by atoms with Crippen LogP contribution in [0.1, 0.15) is 15.4 Å². The van der Waals surface area contributed by atoms with Crippen LogP contribution in [0.3, 0.4) is 0 Å². The van der Waals surface area contributed by atoms with E-state index >= 15 is 0 Å². The maximum atomic E-state index is 13.1. The summed E-state index contributed by atoms with van der Waals surface area (Å²) in [5, 5.41) is 21.6. The summed E-state index contributed by atoms with van der Waals surface area (Å²) >= 11 is 13.7. The van der Waals surface area contributed by atoms with Crippen LogP contribution in [0.2, 0.25) is 10.0 Å². The first-order valence-corrected chi connectivity index (χ1v) is 12.9. The zero-order chi connectivity index (χ0) is 25.9. The van der Waals surface area contributed by atoms with Gasteiger partial charge in [0, 0.05) is 42.8 Å². The molecular weight excluding hydrogens is 537 g/mol. The van der Waals surface area contributed by atoms with Gasteiger partial charge in [0.05, 0.1) is 30.1 Å². The van der Waals surface area contributed by atoms with Crippen molar-refractivity contribution in [3.05, 3.63) is 51.1 Å². The van der Waals surface area contributed by atoms with Crippen LogP contribution in [0.15, 0.2) is 30.5 Å². The summed E-state index contributed by atoms with van der Waals surface area (Å²) in [6.45, 7) is 2.97. The molecule has 1 aliphatic rings. The fraction of sp³-hybridized carbons (Fsp3) is 0.261. The van der Waals surface area contributed by atoms with Gasteiger partial charge in [-0.25, -0.2) is 14.5 Å². The molecule has 190 valence electrons. The SMILES string of the molecule is N#Cc1sc(NCCNc2nc(-c3ccc(Cl)cc3Cl)cn3nc(C(=O)N4CCOCC4)cc23)nc1N. The van der Waals surface area contributed by atoms with Crippen LogP contribution in [0.25, 0.3) is 16.8 Å². The molecule has 4 aromatic rings. The number of nitriles is 1. The van der Waals surface area contributed by atoms with Crippen molar-refractivity contribution in [1.29, 1.82) is 5.26 Å². The first-order chi connectivity index (χ1) is 17.9. The van der Waals surface area contributed by atoms with E-state index in [2.05, 4.69) is 20.7 Å². The van der Waals surface area contributed by atoms with Gasteiger partial charge in [0.25, 0.3) is 5.91 Å². The molecule has 5 rings (SSSR count). The van der Waals surface area contributed by atoms with E-state index in [9.17, 15) is 4.79 Å². The maximum absolute atomic E-state index is 13.1. The molecule has 3 aromatic heterocycles. The highest BCUT2D eigenvalue weighted by molar-refractivity contribution is 7.16. The van der Waals surface area contributed by atoms with Crippen LogP contribution in [0.5, 0.6) is 0 Å². The first kappa shape index (κ1) is 25.0. The average molecular weight is 558 g/mol. The van der Waals surface area contributed by atoms with Crippen molar-refractivity contribution in [2.75, 3.05) is 55.8 Å². The number of morpholine rings is 1. The summed E-state index contributed by atoms with van der Waals surface area (Å²) in [7, 11) is 0. The highest BCUT2D eigenvalue weighted by Crippen LogP contribution is 2.31. The number of halogens is 2. The molecule has 0 spiro atoms. The number of hydrogen-bond acceptors (Lipinski definition) is 10. The summed E-state index contributed by atoms with van der Waals surface area (Å²) in [6, 6.07) is 8.90. The Morgan fingerprint density at radius 2 is 1.97 bits per heavy atom. The van der Waals surface area contributed by atoms with Gasteiger partial charge in [-0.1, -0.05) is 34.5 Å². The van der Waals surface area contributed by atoms with Crippen molar-refractivity contribution in [3.8, 4) is 17.3 Å². The lowest BCUT2D eigenvalue weighted by Gasteiger charge is -2.25. The number of nitrogen functional groups attached to an aromatic ring is 1. The second-order valence-electron chi connectivity index (χ2n) is 8.06. The summed E-state index contributed by atoms with van der Waals surface area (Å²) < 4.78 is 6.98. The van der Waals surface area contributed by atoms with E-state index in [1.165, 1.54) is 11.3 Å². The summed E-state index contributed by atoms with van der Waals surface area (Å²) in [6.07, 6.45) is 1.73. The molecule has 0 radical (unpaired) electrons. The molecule has 0 atom stereocenters. The topological polar surface area (TPSA) is 146 Å². The molecule has 0 aliphatic carbocycles. The van der Waals surface area contributed by atoms with Crippen LogP contribution in [-0.2, 0) is 4.74 Å². The molecule has 1 amide bonds. The average Bonchev–Trinajstić information content (AvgIpc) is 3.49. The molecule has 0 saturated carbocycles. The molecule has 1 fully saturated rings. The Morgan fingerprint density at radius 1 is 1.19 bits per heavy atom. The molecule has 0 unspecified atom stereocenters. The number of nitrogens with zero attached hydrogens (tertiary/aromatic N) is 6. The second-order valence-corrected chi connectivity index (χ2v) is 9.90. The minimum absolute atomic E-state index is 0.166. The number of aromatic nitrogens is 4. The largest absolute Gasteiger partial charge is 0.382 e. The molecule has 1 saturated heterocycles. The Labute approximate surface area is 225 Å². The molecule has 4 N–H and O–H groups in total. The third-order valence-corrected chi connectivity index (χ3v) is 7.11. The predicted octanol–water partition coefficient (Wildman–Crippen LogP) is 3.61. The number of amides is 1. The smallest absolute Gasteiger partial charge is 0.274 e. The van der Waals surface area contributed by atoms with Crippen molar-refractivity contribution in [2.24, 2.45) is 0 Å². The minimum atomic E-state index is -0.166. The highest BCUT2D eigenvalue weighted by atomic mass is 35.5. The number of fused-ring (bicyclic) bond motifs is 1. The molecule has 1 aromatic carbocycles. The molecule has 37 heavy (non-hydrogen) atoms. The number of carbonyl (C=O) groups is 1. The van der Waals surface area contributed by atoms with E-state index in [0.717, 1.165) is 0 Å². The molecule has 14 heteroatoms. The van der Waals surface area contributed by atoms with Gasteiger partial charge < -0.3 is 26.0 Å². The number of carbonyl (C=O) groups excluding carboxylic acids is 1. The molecule has 4 heterocycles. The number of thiazole rings is 1. The third-order valence-electron chi connectivity index (χ3n) is 5.63. The summed E-state index contributed by atoms with van der Waals surface area (Å²) in [5.41, 5.74) is 7.91. The van der Waals surface area contributed by atoms with Gasteiger partial charge in [0.15, 0.2) is 22.5 Å². The summed E-state index contributed by atoms with van der Waals surface area (Å²) in [4.78, 5) is 24.1. The second kappa shape index (κ2) is 10.8. The van der Waals surface area contributed by atoms with Crippen LogP contribution >= 0.6 is 34.5 Å². The Balaban J connectivity index is 1.43. The first-order valence-electron chi connectivity index (χ1n) is 11.3. The van der Waals surface area contributed by atoms with E-state index < -0.39 is 0 Å². The fourth-order valence-electron chi connectivity index (χ4n) is 3.82. The number of ether oxygens (including phenoxy) is 1.